The summed E-state index contributed by atoms with van der Waals surface area (Å²) in [6, 6.07) is 0. The van der Waals surface area contributed by atoms with Crippen molar-refractivity contribution in [3.8, 4) is 0 Å². The molecule has 0 saturated carbocycles. The molecular formula is C8H16N2O4. The number of nitrogens with one attached hydrogen (secondary N) is 1. The maximum Gasteiger partial charge on any atom is 0.410 e. The van der Waals surface area contributed by atoms with Crippen LogP contribution in [-0.2, 0) is 9.53 Å². The number of hydrogen-bond acceptors (Lipinski definition) is 4. The van der Waals surface area contributed by atoms with Crippen LogP contribution >= 0.6 is 0 Å². The van der Waals surface area contributed by atoms with Gasteiger partial charge in [0.05, 0.1) is 6.61 Å². The average molecular weight is 204 g/mol. The van der Waals surface area contributed by atoms with Crippen molar-refractivity contribution in [1.29, 1.82) is 0 Å². The minimum absolute atomic E-state index is 0.0305. The van der Waals surface area contributed by atoms with E-state index in [0.717, 1.165) is 0 Å². The van der Waals surface area contributed by atoms with Gasteiger partial charge in [-0.1, -0.05) is 0 Å². The van der Waals surface area contributed by atoms with Crippen molar-refractivity contribution in [2.24, 2.45) is 0 Å². The molecule has 0 aromatic heterocycles. The lowest BCUT2D eigenvalue weighted by atomic mass is 10.5. The third-order valence-electron chi connectivity index (χ3n) is 1.57. The molecule has 0 radical (unpaired) electrons. The van der Waals surface area contributed by atoms with Crippen LogP contribution in [0.5, 0.6) is 0 Å². The van der Waals surface area contributed by atoms with Crippen LogP contribution in [0.25, 0.3) is 0 Å². The summed E-state index contributed by atoms with van der Waals surface area (Å²) in [7, 11) is 1.50. The highest BCUT2D eigenvalue weighted by atomic mass is 16.6. The number of amides is 2. The van der Waals surface area contributed by atoms with E-state index in [2.05, 4.69) is 10.1 Å². The van der Waals surface area contributed by atoms with Gasteiger partial charge in [0.1, 0.15) is 13.2 Å². The second-order valence-electron chi connectivity index (χ2n) is 2.53. The van der Waals surface area contributed by atoms with Crippen molar-refractivity contribution in [3.63, 3.8) is 0 Å². The van der Waals surface area contributed by atoms with E-state index in [1.807, 2.05) is 0 Å². The van der Waals surface area contributed by atoms with Gasteiger partial charge in [0.15, 0.2) is 0 Å². The highest BCUT2D eigenvalue weighted by Gasteiger charge is 2.15. The molecule has 0 saturated heterocycles. The van der Waals surface area contributed by atoms with E-state index in [1.54, 1.807) is 6.92 Å². The first-order chi connectivity index (χ1) is 6.65. The van der Waals surface area contributed by atoms with Gasteiger partial charge in [-0.25, -0.2) is 4.79 Å². The summed E-state index contributed by atoms with van der Waals surface area (Å²) in [6.45, 7) is 1.82. The van der Waals surface area contributed by atoms with Gasteiger partial charge in [-0.3, -0.25) is 9.69 Å². The summed E-state index contributed by atoms with van der Waals surface area (Å²) < 4.78 is 4.65. The fourth-order valence-electron chi connectivity index (χ4n) is 0.782. The molecule has 0 aliphatic rings. The summed E-state index contributed by atoms with van der Waals surface area (Å²) >= 11 is 0. The summed E-state index contributed by atoms with van der Waals surface area (Å²) in [5.41, 5.74) is 0. The lowest BCUT2D eigenvalue weighted by Crippen LogP contribution is -2.40. The first-order valence-corrected chi connectivity index (χ1v) is 4.38. The number of ether oxygens (including phenoxy) is 1. The Hall–Kier alpha value is -1.30. The number of aliphatic hydroxyl groups is 1. The third kappa shape index (κ3) is 4.66. The quantitative estimate of drug-likeness (QED) is 0.613. The number of aliphatic hydroxyl groups excluding tert-OH is 1. The van der Waals surface area contributed by atoms with E-state index in [0.29, 0.717) is 6.54 Å². The molecule has 0 atom stereocenters. The van der Waals surface area contributed by atoms with Gasteiger partial charge in [0, 0.05) is 13.6 Å². The smallest absolute Gasteiger partial charge is 0.410 e. The van der Waals surface area contributed by atoms with Gasteiger partial charge in [-0.15, -0.1) is 0 Å². The number of nitrogens with zero attached hydrogens (tertiary/aromatic N) is 1. The van der Waals surface area contributed by atoms with E-state index in [1.165, 1.54) is 11.9 Å². The summed E-state index contributed by atoms with van der Waals surface area (Å²) in [5.74, 6) is -0.257. The molecule has 0 aliphatic heterocycles. The fourth-order valence-corrected chi connectivity index (χ4v) is 0.782. The molecule has 2 N–H and O–H groups in total. The fraction of sp³-hybridized carbons (Fsp3) is 0.750. The molecule has 82 valence electrons. The van der Waals surface area contributed by atoms with Crippen LogP contribution in [0, 0.1) is 0 Å². The molecule has 0 fully saturated rings. The average Bonchev–Trinajstić information content (AvgIpc) is 2.21. The van der Waals surface area contributed by atoms with Crippen LogP contribution in [0.4, 0.5) is 4.79 Å². The number of rotatable bonds is 5. The second kappa shape index (κ2) is 7.14. The lowest BCUT2D eigenvalue weighted by molar-refractivity contribution is -0.121. The molecule has 0 aliphatic carbocycles. The first kappa shape index (κ1) is 12.7. The molecule has 14 heavy (non-hydrogen) atoms. The van der Waals surface area contributed by atoms with E-state index in [-0.39, 0.29) is 25.7 Å². The number of hydrogen-bond donors (Lipinski definition) is 2. The molecule has 0 heterocycles. The van der Waals surface area contributed by atoms with Crippen LogP contribution in [0.2, 0.25) is 0 Å². The molecule has 0 spiro atoms. The standard InChI is InChI=1S/C8H16N2O4/c1-3-10(6-7(12)9-2)8(13)14-5-4-11/h11H,3-6H2,1-2H3,(H,9,12). The predicted octanol–water partition coefficient (Wildman–Crippen LogP) is -0.817. The number of carbonyl (C=O) groups is 2. The zero-order valence-electron chi connectivity index (χ0n) is 8.45. The number of carbonyl (C=O) groups excluding carboxylic acids is 2. The summed E-state index contributed by atoms with van der Waals surface area (Å²) in [5, 5.41) is 10.8. The maximum atomic E-state index is 11.2. The van der Waals surface area contributed by atoms with Crippen molar-refractivity contribution in [2.75, 3.05) is 33.4 Å². The Morgan fingerprint density at radius 2 is 2.14 bits per heavy atom. The maximum absolute atomic E-state index is 11.2. The van der Waals surface area contributed by atoms with Crippen LogP contribution in [-0.4, -0.2) is 55.4 Å². The van der Waals surface area contributed by atoms with E-state index >= 15 is 0 Å². The SMILES string of the molecule is CCN(CC(=O)NC)C(=O)OCCO. The molecule has 0 aromatic carbocycles. The van der Waals surface area contributed by atoms with Gasteiger partial charge < -0.3 is 15.2 Å². The van der Waals surface area contributed by atoms with Gasteiger partial charge in [0.2, 0.25) is 5.91 Å². The van der Waals surface area contributed by atoms with Gasteiger partial charge in [0.25, 0.3) is 0 Å². The summed E-state index contributed by atoms with van der Waals surface area (Å²) in [4.78, 5) is 23.4. The third-order valence-corrected chi connectivity index (χ3v) is 1.57. The monoisotopic (exact) mass is 204 g/mol. The van der Waals surface area contributed by atoms with Gasteiger partial charge >= 0.3 is 6.09 Å². The van der Waals surface area contributed by atoms with Crippen LogP contribution in [0.1, 0.15) is 6.92 Å². The Morgan fingerprint density at radius 1 is 1.50 bits per heavy atom. The molecule has 6 nitrogen and oxygen atoms in total. The molecule has 0 aromatic rings. The minimum Gasteiger partial charge on any atom is -0.447 e. The highest BCUT2D eigenvalue weighted by Crippen LogP contribution is 1.93. The Morgan fingerprint density at radius 3 is 2.57 bits per heavy atom. The first-order valence-electron chi connectivity index (χ1n) is 4.38. The highest BCUT2D eigenvalue weighted by molar-refractivity contribution is 5.81. The minimum atomic E-state index is -0.592. The molecule has 2 amide bonds. The Labute approximate surface area is 82.8 Å². The van der Waals surface area contributed by atoms with Crippen molar-refractivity contribution in [3.05, 3.63) is 0 Å². The van der Waals surface area contributed by atoms with Crippen LogP contribution in [0.15, 0.2) is 0 Å². The van der Waals surface area contributed by atoms with E-state index < -0.39 is 6.09 Å². The Balaban J connectivity index is 3.98. The van der Waals surface area contributed by atoms with Crippen LogP contribution < -0.4 is 5.32 Å². The topological polar surface area (TPSA) is 78.9 Å². The normalized spacial score (nSPS) is 9.36. The van der Waals surface area contributed by atoms with Gasteiger partial charge in [-0.05, 0) is 6.92 Å². The molecule has 0 unspecified atom stereocenters. The van der Waals surface area contributed by atoms with E-state index in [4.69, 9.17) is 5.11 Å². The zero-order chi connectivity index (χ0) is 11.0. The van der Waals surface area contributed by atoms with Crippen molar-refractivity contribution >= 4 is 12.0 Å². The second-order valence-corrected chi connectivity index (χ2v) is 2.53. The van der Waals surface area contributed by atoms with E-state index in [9.17, 15) is 9.59 Å². The zero-order valence-corrected chi connectivity index (χ0v) is 8.45. The van der Waals surface area contributed by atoms with Crippen molar-refractivity contribution in [2.45, 2.75) is 6.92 Å². The molecule has 0 rings (SSSR count). The van der Waals surface area contributed by atoms with Crippen molar-refractivity contribution < 1.29 is 19.4 Å². The lowest BCUT2D eigenvalue weighted by Gasteiger charge is -2.18. The Kier molecular flexibility index (Phi) is 6.47. The van der Waals surface area contributed by atoms with Crippen molar-refractivity contribution in [1.82, 2.24) is 10.2 Å². The molecular weight excluding hydrogens is 188 g/mol. The van der Waals surface area contributed by atoms with Crippen LogP contribution in [0.3, 0.4) is 0 Å². The largest absolute Gasteiger partial charge is 0.447 e. The number of likely N-dealkylation sites (N-methyl/N-ethyl adjacent to an activating group) is 2. The molecule has 6 heteroatoms. The van der Waals surface area contributed by atoms with Gasteiger partial charge in [-0.2, -0.15) is 0 Å². The Bertz CT molecular complexity index is 196. The predicted molar refractivity (Wildman–Crippen MR) is 49.7 cm³/mol. The molecule has 0 bridgehead atoms. The summed E-state index contributed by atoms with van der Waals surface area (Å²) in [6.07, 6.45) is -0.592.